The van der Waals surface area contributed by atoms with Gasteiger partial charge in [0, 0.05) is 17.6 Å². The fourth-order valence-electron chi connectivity index (χ4n) is 2.04. The van der Waals surface area contributed by atoms with Gasteiger partial charge in [-0.2, -0.15) is 0 Å². The van der Waals surface area contributed by atoms with Gasteiger partial charge in [-0.3, -0.25) is 4.98 Å². The second kappa shape index (κ2) is 4.19. The molecule has 0 bridgehead atoms. The van der Waals surface area contributed by atoms with Gasteiger partial charge in [0.1, 0.15) is 5.75 Å². The molecule has 0 spiro atoms. The molecular formula is C14H16ClNO. The van der Waals surface area contributed by atoms with E-state index in [0.717, 1.165) is 27.2 Å². The van der Waals surface area contributed by atoms with Crippen molar-refractivity contribution >= 4 is 22.5 Å². The van der Waals surface area contributed by atoms with Gasteiger partial charge in [0.05, 0.1) is 17.6 Å². The molecule has 1 aromatic carbocycles. The number of halogens is 1. The third-order valence-electron chi connectivity index (χ3n) is 2.78. The van der Waals surface area contributed by atoms with Crippen molar-refractivity contribution in [1.82, 2.24) is 4.98 Å². The van der Waals surface area contributed by atoms with Crippen molar-refractivity contribution in [3.05, 3.63) is 35.0 Å². The molecule has 0 saturated heterocycles. The lowest BCUT2D eigenvalue weighted by Crippen LogP contribution is -2.13. The molecular weight excluding hydrogens is 234 g/mol. The number of methoxy groups -OCH3 is 1. The Labute approximate surface area is 107 Å². The quantitative estimate of drug-likeness (QED) is 0.756. The van der Waals surface area contributed by atoms with Crippen molar-refractivity contribution < 1.29 is 4.74 Å². The van der Waals surface area contributed by atoms with E-state index in [1.807, 2.05) is 18.2 Å². The van der Waals surface area contributed by atoms with Crippen LogP contribution in [0.2, 0.25) is 5.02 Å². The van der Waals surface area contributed by atoms with E-state index in [9.17, 15) is 0 Å². The van der Waals surface area contributed by atoms with E-state index in [1.165, 1.54) is 0 Å². The van der Waals surface area contributed by atoms with E-state index in [1.54, 1.807) is 13.3 Å². The normalized spacial score (nSPS) is 11.8. The summed E-state index contributed by atoms with van der Waals surface area (Å²) in [5, 5.41) is 1.81. The molecule has 1 heterocycles. The number of benzene rings is 1. The molecule has 90 valence electrons. The van der Waals surface area contributed by atoms with Crippen LogP contribution in [-0.4, -0.2) is 12.1 Å². The van der Waals surface area contributed by atoms with Crippen molar-refractivity contribution in [2.45, 2.75) is 26.2 Å². The van der Waals surface area contributed by atoms with Crippen LogP contribution in [0.1, 0.15) is 26.3 Å². The number of rotatable bonds is 1. The third kappa shape index (κ3) is 2.22. The van der Waals surface area contributed by atoms with Crippen LogP contribution in [0.4, 0.5) is 0 Å². The van der Waals surface area contributed by atoms with Gasteiger partial charge in [-0.15, -0.1) is 0 Å². The average molecular weight is 250 g/mol. The van der Waals surface area contributed by atoms with Crippen molar-refractivity contribution in [3.63, 3.8) is 0 Å². The SMILES string of the molecule is COc1ccc2c(C(C)(C)C)c(Cl)cnc2c1. The highest BCUT2D eigenvalue weighted by atomic mass is 35.5. The van der Waals surface area contributed by atoms with Crippen molar-refractivity contribution in [3.8, 4) is 5.75 Å². The zero-order chi connectivity index (χ0) is 12.6. The smallest absolute Gasteiger partial charge is 0.121 e. The van der Waals surface area contributed by atoms with Gasteiger partial charge in [-0.25, -0.2) is 0 Å². The maximum Gasteiger partial charge on any atom is 0.121 e. The second-order valence-electron chi connectivity index (χ2n) is 5.11. The zero-order valence-corrected chi connectivity index (χ0v) is 11.3. The number of hydrogen-bond acceptors (Lipinski definition) is 2. The van der Waals surface area contributed by atoms with Crippen LogP contribution in [-0.2, 0) is 5.41 Å². The second-order valence-corrected chi connectivity index (χ2v) is 5.52. The summed E-state index contributed by atoms with van der Waals surface area (Å²) in [7, 11) is 1.65. The lowest BCUT2D eigenvalue weighted by Gasteiger charge is -2.22. The lowest BCUT2D eigenvalue weighted by molar-refractivity contribution is 0.415. The van der Waals surface area contributed by atoms with Gasteiger partial charge in [-0.1, -0.05) is 32.4 Å². The van der Waals surface area contributed by atoms with Gasteiger partial charge in [0.15, 0.2) is 0 Å². The molecule has 17 heavy (non-hydrogen) atoms. The summed E-state index contributed by atoms with van der Waals surface area (Å²) in [6, 6.07) is 5.89. The molecule has 0 fully saturated rings. The fraction of sp³-hybridized carbons (Fsp3) is 0.357. The Morgan fingerprint density at radius 2 is 1.94 bits per heavy atom. The van der Waals surface area contributed by atoms with Crippen LogP contribution in [0.15, 0.2) is 24.4 Å². The number of aromatic nitrogens is 1. The Kier molecular flexibility index (Phi) is 3.00. The van der Waals surface area contributed by atoms with E-state index >= 15 is 0 Å². The highest BCUT2D eigenvalue weighted by molar-refractivity contribution is 6.32. The van der Waals surface area contributed by atoms with Crippen LogP contribution in [0.3, 0.4) is 0 Å². The predicted octanol–water partition coefficient (Wildman–Crippen LogP) is 4.19. The molecule has 2 rings (SSSR count). The maximum absolute atomic E-state index is 6.27. The molecule has 3 heteroatoms. The summed E-state index contributed by atoms with van der Waals surface area (Å²) in [5.41, 5.74) is 2.04. The summed E-state index contributed by atoms with van der Waals surface area (Å²) < 4.78 is 5.21. The summed E-state index contributed by atoms with van der Waals surface area (Å²) >= 11 is 6.27. The average Bonchev–Trinajstić information content (AvgIpc) is 2.26. The Morgan fingerprint density at radius 3 is 2.53 bits per heavy atom. The molecule has 2 nitrogen and oxygen atoms in total. The monoisotopic (exact) mass is 249 g/mol. The Morgan fingerprint density at radius 1 is 1.24 bits per heavy atom. The predicted molar refractivity (Wildman–Crippen MR) is 72.0 cm³/mol. The van der Waals surface area contributed by atoms with E-state index in [4.69, 9.17) is 16.3 Å². The summed E-state index contributed by atoms with van der Waals surface area (Å²) in [5.74, 6) is 0.812. The minimum Gasteiger partial charge on any atom is -0.497 e. The molecule has 0 radical (unpaired) electrons. The summed E-state index contributed by atoms with van der Waals surface area (Å²) in [6.45, 7) is 6.45. The standard InChI is InChI=1S/C14H16ClNO/c1-14(2,3)13-10-6-5-9(17-4)7-12(10)16-8-11(13)15/h5-8H,1-4H3. The molecule has 0 aliphatic heterocycles. The highest BCUT2D eigenvalue weighted by Gasteiger charge is 2.21. The van der Waals surface area contributed by atoms with E-state index in [2.05, 4.69) is 25.8 Å². The third-order valence-corrected chi connectivity index (χ3v) is 3.07. The number of nitrogens with zero attached hydrogens (tertiary/aromatic N) is 1. The molecule has 1 aromatic heterocycles. The van der Waals surface area contributed by atoms with Gasteiger partial charge in [0.25, 0.3) is 0 Å². The molecule has 0 N–H and O–H groups in total. The topological polar surface area (TPSA) is 22.1 Å². The molecule has 0 aliphatic rings. The molecule has 0 atom stereocenters. The molecule has 0 aliphatic carbocycles. The molecule has 0 amide bonds. The van der Waals surface area contributed by atoms with Gasteiger partial charge < -0.3 is 4.74 Å². The lowest BCUT2D eigenvalue weighted by atomic mass is 9.85. The van der Waals surface area contributed by atoms with E-state index < -0.39 is 0 Å². The Bertz CT molecular complexity index is 558. The van der Waals surface area contributed by atoms with E-state index in [-0.39, 0.29) is 5.41 Å². The largest absolute Gasteiger partial charge is 0.497 e. The minimum atomic E-state index is -0.00708. The highest BCUT2D eigenvalue weighted by Crippen LogP contribution is 2.35. The molecule has 2 aromatic rings. The van der Waals surface area contributed by atoms with Crippen molar-refractivity contribution in [1.29, 1.82) is 0 Å². The molecule has 0 unspecified atom stereocenters. The molecule has 0 saturated carbocycles. The Hall–Kier alpha value is -1.28. The number of ether oxygens (including phenoxy) is 1. The van der Waals surface area contributed by atoms with Crippen LogP contribution in [0.5, 0.6) is 5.75 Å². The number of fused-ring (bicyclic) bond motifs is 1. The first-order chi connectivity index (χ1) is 7.93. The van der Waals surface area contributed by atoms with Crippen LogP contribution < -0.4 is 4.74 Å². The van der Waals surface area contributed by atoms with Crippen molar-refractivity contribution in [2.75, 3.05) is 7.11 Å². The van der Waals surface area contributed by atoms with Gasteiger partial charge in [0.2, 0.25) is 0 Å². The van der Waals surface area contributed by atoms with Crippen LogP contribution in [0.25, 0.3) is 10.9 Å². The van der Waals surface area contributed by atoms with Gasteiger partial charge >= 0.3 is 0 Å². The van der Waals surface area contributed by atoms with Crippen LogP contribution >= 0.6 is 11.6 Å². The summed E-state index contributed by atoms with van der Waals surface area (Å²) in [4.78, 5) is 4.35. The fourth-order valence-corrected chi connectivity index (χ4v) is 2.47. The summed E-state index contributed by atoms with van der Waals surface area (Å²) in [6.07, 6.45) is 1.71. The first-order valence-electron chi connectivity index (χ1n) is 5.56. The minimum absolute atomic E-state index is 0.00708. The Balaban J connectivity index is 2.78. The van der Waals surface area contributed by atoms with Crippen LogP contribution in [0, 0.1) is 0 Å². The number of hydrogen-bond donors (Lipinski definition) is 0. The van der Waals surface area contributed by atoms with E-state index in [0.29, 0.717) is 0 Å². The first kappa shape index (κ1) is 12.2. The maximum atomic E-state index is 6.27. The number of pyridine rings is 1. The first-order valence-corrected chi connectivity index (χ1v) is 5.94. The zero-order valence-electron chi connectivity index (χ0n) is 10.5. The van der Waals surface area contributed by atoms with Crippen molar-refractivity contribution in [2.24, 2.45) is 0 Å². The van der Waals surface area contributed by atoms with Gasteiger partial charge in [-0.05, 0) is 23.1 Å².